The Morgan fingerprint density at radius 3 is 2.31 bits per heavy atom. The van der Waals surface area contributed by atoms with Gasteiger partial charge in [0.15, 0.2) is 12.0 Å². The number of nitrogens with two attached hydrogens (primary N) is 1. The van der Waals surface area contributed by atoms with Crippen molar-refractivity contribution in [3.8, 4) is 0 Å². The van der Waals surface area contributed by atoms with Crippen LogP contribution in [0, 0.1) is 0 Å². The maximum absolute atomic E-state index is 12.3. The number of alkyl halides is 5. The van der Waals surface area contributed by atoms with E-state index < -0.39 is 35.1 Å². The number of hydrogen-bond acceptors (Lipinski definition) is 3. The highest BCUT2D eigenvalue weighted by atomic mass is 19.4. The fraction of sp³-hybridized carbons (Fsp3) is 0.250. The van der Waals surface area contributed by atoms with Gasteiger partial charge in [-0.25, -0.2) is 13.8 Å². The SMILES string of the molecule is Nc1c(C(F)(F)F)ncc(C(F)F)c1C=O. The molecule has 2 N–H and O–H groups in total. The maximum atomic E-state index is 12.3. The van der Waals surface area contributed by atoms with Gasteiger partial charge >= 0.3 is 6.18 Å². The number of nitrogen functional groups attached to an aromatic ring is 1. The average Bonchev–Trinajstić information content (AvgIpc) is 2.14. The standard InChI is InChI=1S/C8H5F5N2O/c9-7(10)3-1-15-6(8(11,12)13)5(14)4(3)2-16/h1-2,7H,14H2. The van der Waals surface area contributed by atoms with Crippen molar-refractivity contribution in [2.75, 3.05) is 5.73 Å². The van der Waals surface area contributed by atoms with Crippen molar-refractivity contribution in [3.63, 3.8) is 0 Å². The summed E-state index contributed by atoms with van der Waals surface area (Å²) in [5, 5.41) is 0. The van der Waals surface area contributed by atoms with E-state index in [1.165, 1.54) is 0 Å². The zero-order chi connectivity index (χ0) is 12.5. The van der Waals surface area contributed by atoms with Crippen LogP contribution in [0.2, 0.25) is 0 Å². The third-order valence-electron chi connectivity index (χ3n) is 1.81. The first-order valence-corrected chi connectivity index (χ1v) is 3.88. The van der Waals surface area contributed by atoms with E-state index in [9.17, 15) is 26.7 Å². The molecule has 0 aliphatic rings. The number of carbonyl (C=O) groups excluding carboxylic acids is 1. The Kier molecular flexibility index (Phi) is 3.11. The van der Waals surface area contributed by atoms with Gasteiger partial charge in [-0.2, -0.15) is 13.2 Å². The number of halogens is 5. The second-order valence-corrected chi connectivity index (χ2v) is 2.81. The largest absolute Gasteiger partial charge is 0.435 e. The predicted molar refractivity (Wildman–Crippen MR) is 44.0 cm³/mol. The van der Waals surface area contributed by atoms with Crippen molar-refractivity contribution in [3.05, 3.63) is 23.0 Å². The molecule has 3 nitrogen and oxygen atoms in total. The molecule has 0 spiro atoms. The zero-order valence-electron chi connectivity index (χ0n) is 7.55. The molecular formula is C8H5F5N2O. The van der Waals surface area contributed by atoms with E-state index in [4.69, 9.17) is 5.73 Å². The van der Waals surface area contributed by atoms with Crippen LogP contribution in [0.1, 0.15) is 28.0 Å². The van der Waals surface area contributed by atoms with Crippen LogP contribution in [0.5, 0.6) is 0 Å². The summed E-state index contributed by atoms with van der Waals surface area (Å²) in [4.78, 5) is 13.2. The molecule has 1 rings (SSSR count). The Hall–Kier alpha value is -1.73. The summed E-state index contributed by atoms with van der Waals surface area (Å²) >= 11 is 0. The number of aldehydes is 1. The quantitative estimate of drug-likeness (QED) is 0.638. The molecule has 0 aliphatic carbocycles. The van der Waals surface area contributed by atoms with Gasteiger partial charge in [-0.15, -0.1) is 0 Å². The van der Waals surface area contributed by atoms with Gasteiger partial charge < -0.3 is 5.73 Å². The van der Waals surface area contributed by atoms with Crippen molar-refractivity contribution in [1.29, 1.82) is 0 Å². The molecule has 0 radical (unpaired) electrons. The molecule has 1 aromatic heterocycles. The van der Waals surface area contributed by atoms with Gasteiger partial charge in [0.2, 0.25) is 0 Å². The summed E-state index contributed by atoms with van der Waals surface area (Å²) in [7, 11) is 0. The summed E-state index contributed by atoms with van der Waals surface area (Å²) < 4.78 is 61.3. The first-order chi connectivity index (χ1) is 7.29. The van der Waals surface area contributed by atoms with Crippen molar-refractivity contribution >= 4 is 12.0 Å². The number of nitrogens with zero attached hydrogens (tertiary/aromatic N) is 1. The molecule has 1 aromatic rings. The van der Waals surface area contributed by atoms with Gasteiger partial charge in [-0.3, -0.25) is 4.79 Å². The second-order valence-electron chi connectivity index (χ2n) is 2.81. The molecule has 0 aromatic carbocycles. The fourth-order valence-electron chi connectivity index (χ4n) is 1.09. The predicted octanol–water partition coefficient (Wildman–Crippen LogP) is 2.43. The maximum Gasteiger partial charge on any atom is 0.435 e. The molecule has 0 atom stereocenters. The molecule has 0 unspecified atom stereocenters. The summed E-state index contributed by atoms with van der Waals surface area (Å²) in [6, 6.07) is 0. The van der Waals surface area contributed by atoms with Crippen LogP contribution >= 0.6 is 0 Å². The van der Waals surface area contributed by atoms with E-state index in [0.29, 0.717) is 6.20 Å². The number of aromatic nitrogens is 1. The van der Waals surface area contributed by atoms with Gasteiger partial charge in [0.05, 0.1) is 5.69 Å². The lowest BCUT2D eigenvalue weighted by atomic mass is 10.1. The van der Waals surface area contributed by atoms with Crippen LogP contribution in [-0.4, -0.2) is 11.3 Å². The van der Waals surface area contributed by atoms with Crippen molar-refractivity contribution in [1.82, 2.24) is 4.98 Å². The number of hydrogen-bond donors (Lipinski definition) is 1. The summed E-state index contributed by atoms with van der Waals surface area (Å²) in [5.74, 6) is 0. The highest BCUT2D eigenvalue weighted by Gasteiger charge is 2.37. The minimum Gasteiger partial charge on any atom is -0.396 e. The lowest BCUT2D eigenvalue weighted by Gasteiger charge is -2.12. The highest BCUT2D eigenvalue weighted by Crippen LogP contribution is 2.35. The molecule has 16 heavy (non-hydrogen) atoms. The van der Waals surface area contributed by atoms with Gasteiger partial charge in [-0.1, -0.05) is 0 Å². The minimum absolute atomic E-state index is 0.145. The minimum atomic E-state index is -4.89. The van der Waals surface area contributed by atoms with Crippen LogP contribution in [0.15, 0.2) is 6.20 Å². The van der Waals surface area contributed by atoms with E-state index >= 15 is 0 Å². The lowest BCUT2D eigenvalue weighted by molar-refractivity contribution is -0.140. The van der Waals surface area contributed by atoms with Gasteiger partial charge in [0.25, 0.3) is 6.43 Å². The van der Waals surface area contributed by atoms with Crippen LogP contribution in [0.4, 0.5) is 27.6 Å². The summed E-state index contributed by atoms with van der Waals surface area (Å²) in [6.45, 7) is 0. The van der Waals surface area contributed by atoms with Gasteiger partial charge in [0, 0.05) is 17.3 Å². The second kappa shape index (κ2) is 4.03. The Morgan fingerprint density at radius 2 is 1.94 bits per heavy atom. The number of rotatable bonds is 2. The van der Waals surface area contributed by atoms with Crippen molar-refractivity contribution in [2.24, 2.45) is 0 Å². The Morgan fingerprint density at radius 1 is 1.38 bits per heavy atom. The van der Waals surface area contributed by atoms with Gasteiger partial charge in [-0.05, 0) is 0 Å². The highest BCUT2D eigenvalue weighted by molar-refractivity contribution is 5.86. The zero-order valence-corrected chi connectivity index (χ0v) is 7.55. The van der Waals surface area contributed by atoms with Crippen molar-refractivity contribution in [2.45, 2.75) is 12.6 Å². The van der Waals surface area contributed by atoms with E-state index in [1.807, 2.05) is 0 Å². The summed E-state index contributed by atoms with van der Waals surface area (Å²) in [6.07, 6.45) is -7.85. The van der Waals surface area contributed by atoms with E-state index in [-0.39, 0.29) is 6.29 Å². The van der Waals surface area contributed by atoms with Crippen LogP contribution < -0.4 is 5.73 Å². The Bertz CT molecular complexity index is 416. The third-order valence-corrected chi connectivity index (χ3v) is 1.81. The smallest absolute Gasteiger partial charge is 0.396 e. The van der Waals surface area contributed by atoms with E-state index in [1.54, 1.807) is 0 Å². The molecule has 0 saturated carbocycles. The average molecular weight is 240 g/mol. The van der Waals surface area contributed by atoms with Crippen molar-refractivity contribution < 1.29 is 26.7 Å². The molecule has 0 fully saturated rings. The molecule has 0 bridgehead atoms. The molecule has 8 heteroatoms. The lowest BCUT2D eigenvalue weighted by Crippen LogP contribution is -2.15. The third kappa shape index (κ3) is 2.10. The normalized spacial score (nSPS) is 11.9. The van der Waals surface area contributed by atoms with Crippen LogP contribution in [0.3, 0.4) is 0 Å². The molecular weight excluding hydrogens is 235 g/mol. The number of anilines is 1. The molecule has 1 heterocycles. The van der Waals surface area contributed by atoms with Crippen LogP contribution in [-0.2, 0) is 6.18 Å². The topological polar surface area (TPSA) is 56.0 Å². The Labute approximate surface area is 86.1 Å². The van der Waals surface area contributed by atoms with Gasteiger partial charge in [0.1, 0.15) is 0 Å². The first-order valence-electron chi connectivity index (χ1n) is 3.88. The molecule has 0 amide bonds. The summed E-state index contributed by atoms with van der Waals surface area (Å²) in [5.41, 5.74) is 0.552. The first kappa shape index (κ1) is 12.3. The van der Waals surface area contributed by atoms with E-state index in [0.717, 1.165) is 0 Å². The monoisotopic (exact) mass is 240 g/mol. The fourth-order valence-corrected chi connectivity index (χ4v) is 1.09. The number of pyridine rings is 1. The van der Waals surface area contributed by atoms with Crippen LogP contribution in [0.25, 0.3) is 0 Å². The molecule has 88 valence electrons. The molecule has 0 saturated heterocycles. The molecule has 0 aliphatic heterocycles. The number of carbonyl (C=O) groups is 1. The Balaban J connectivity index is 3.46. The van der Waals surface area contributed by atoms with E-state index in [2.05, 4.69) is 4.98 Å².